The highest BCUT2D eigenvalue weighted by atomic mass is 16.7. The Labute approximate surface area is 91.5 Å². The van der Waals surface area contributed by atoms with Gasteiger partial charge in [0.15, 0.2) is 0 Å². The van der Waals surface area contributed by atoms with E-state index in [0.29, 0.717) is 0 Å². The zero-order valence-electron chi connectivity index (χ0n) is 8.39. The standard InChI is InChI=1S/C9H14O7/c1-2-5(11)16-9-8(14)7(13)6(12)4(3-10)15-9/h2,4,6-10,12-14H,1,3H2/t4-,6-,7+,8-,9+/m1/s1. The summed E-state index contributed by atoms with van der Waals surface area (Å²) in [6, 6.07) is 0. The van der Waals surface area contributed by atoms with E-state index in [0.717, 1.165) is 6.08 Å². The minimum Gasteiger partial charge on any atom is -0.430 e. The topological polar surface area (TPSA) is 116 Å². The third kappa shape index (κ3) is 2.57. The van der Waals surface area contributed by atoms with Gasteiger partial charge >= 0.3 is 5.97 Å². The highest BCUT2D eigenvalue weighted by Gasteiger charge is 2.45. The molecule has 1 fully saturated rings. The fourth-order valence-electron chi connectivity index (χ4n) is 1.33. The number of carbonyl (C=O) groups excluding carboxylic acids is 1. The third-order valence-corrected chi connectivity index (χ3v) is 2.25. The van der Waals surface area contributed by atoms with Gasteiger partial charge in [0.05, 0.1) is 6.61 Å². The molecule has 0 bridgehead atoms. The van der Waals surface area contributed by atoms with Crippen LogP contribution in [0.2, 0.25) is 0 Å². The van der Waals surface area contributed by atoms with Crippen molar-refractivity contribution in [3.63, 3.8) is 0 Å². The highest BCUT2D eigenvalue weighted by molar-refractivity contribution is 5.81. The van der Waals surface area contributed by atoms with Crippen LogP contribution in [0.25, 0.3) is 0 Å². The second-order valence-electron chi connectivity index (χ2n) is 3.34. The highest BCUT2D eigenvalue weighted by Crippen LogP contribution is 2.21. The van der Waals surface area contributed by atoms with Crippen molar-refractivity contribution < 1.29 is 34.7 Å². The summed E-state index contributed by atoms with van der Waals surface area (Å²) in [6.07, 6.45) is -6.29. The van der Waals surface area contributed by atoms with Crippen LogP contribution in [0, 0.1) is 0 Å². The van der Waals surface area contributed by atoms with E-state index < -0.39 is 43.3 Å². The number of carbonyl (C=O) groups is 1. The van der Waals surface area contributed by atoms with Gasteiger partial charge in [-0.15, -0.1) is 0 Å². The second-order valence-corrected chi connectivity index (χ2v) is 3.34. The maximum Gasteiger partial charge on any atom is 0.332 e. The van der Waals surface area contributed by atoms with Crippen LogP contribution in [0.15, 0.2) is 12.7 Å². The Morgan fingerprint density at radius 2 is 1.94 bits per heavy atom. The average Bonchev–Trinajstić information content (AvgIpc) is 2.29. The fraction of sp³-hybridized carbons (Fsp3) is 0.667. The van der Waals surface area contributed by atoms with Gasteiger partial charge in [0.2, 0.25) is 6.29 Å². The molecule has 1 heterocycles. The Balaban J connectivity index is 2.70. The van der Waals surface area contributed by atoms with Gasteiger partial charge in [0, 0.05) is 6.08 Å². The van der Waals surface area contributed by atoms with Gasteiger partial charge in [-0.1, -0.05) is 6.58 Å². The van der Waals surface area contributed by atoms with Crippen LogP contribution < -0.4 is 0 Å². The molecule has 1 aliphatic heterocycles. The Bertz CT molecular complexity index is 265. The predicted molar refractivity (Wildman–Crippen MR) is 50.1 cm³/mol. The molecule has 0 unspecified atom stereocenters. The van der Waals surface area contributed by atoms with E-state index in [1.807, 2.05) is 0 Å². The first-order valence-electron chi connectivity index (χ1n) is 4.64. The Hall–Kier alpha value is -0.990. The fourth-order valence-corrected chi connectivity index (χ4v) is 1.33. The first-order chi connectivity index (χ1) is 7.51. The lowest BCUT2D eigenvalue weighted by Crippen LogP contribution is -2.59. The smallest absolute Gasteiger partial charge is 0.332 e. The largest absolute Gasteiger partial charge is 0.430 e. The summed E-state index contributed by atoms with van der Waals surface area (Å²) in [7, 11) is 0. The monoisotopic (exact) mass is 234 g/mol. The van der Waals surface area contributed by atoms with Crippen LogP contribution in [0.5, 0.6) is 0 Å². The first kappa shape index (κ1) is 13.1. The molecule has 0 amide bonds. The molecule has 0 spiro atoms. The van der Waals surface area contributed by atoms with Gasteiger partial charge in [0.25, 0.3) is 0 Å². The molecular formula is C9H14O7. The number of aliphatic hydroxyl groups excluding tert-OH is 4. The van der Waals surface area contributed by atoms with Crippen molar-refractivity contribution >= 4 is 5.97 Å². The molecule has 1 rings (SSSR count). The maximum absolute atomic E-state index is 10.9. The zero-order chi connectivity index (χ0) is 12.3. The molecule has 4 N–H and O–H groups in total. The minimum absolute atomic E-state index is 0.576. The van der Waals surface area contributed by atoms with Crippen LogP contribution in [-0.2, 0) is 14.3 Å². The summed E-state index contributed by atoms with van der Waals surface area (Å²) < 4.78 is 9.49. The van der Waals surface area contributed by atoms with Crippen molar-refractivity contribution in [3.8, 4) is 0 Å². The Morgan fingerprint density at radius 1 is 1.31 bits per heavy atom. The van der Waals surface area contributed by atoms with Gasteiger partial charge in [-0.25, -0.2) is 4.79 Å². The van der Waals surface area contributed by atoms with Crippen molar-refractivity contribution in [2.75, 3.05) is 6.61 Å². The minimum atomic E-state index is -1.58. The molecule has 0 aromatic rings. The second kappa shape index (κ2) is 5.37. The first-order valence-corrected chi connectivity index (χ1v) is 4.64. The van der Waals surface area contributed by atoms with Crippen molar-refractivity contribution in [2.45, 2.75) is 30.7 Å². The molecule has 0 radical (unpaired) electrons. The van der Waals surface area contributed by atoms with Gasteiger partial charge in [-0.05, 0) is 0 Å². The lowest BCUT2D eigenvalue weighted by molar-refractivity contribution is -0.291. The number of ether oxygens (including phenoxy) is 2. The molecule has 0 aliphatic carbocycles. The van der Waals surface area contributed by atoms with Crippen molar-refractivity contribution in [1.29, 1.82) is 0 Å². The summed E-state index contributed by atoms with van der Waals surface area (Å²) in [5, 5.41) is 37.0. The predicted octanol–water partition coefficient (Wildman–Crippen LogP) is -2.48. The molecule has 16 heavy (non-hydrogen) atoms. The Morgan fingerprint density at radius 3 is 2.44 bits per heavy atom. The van der Waals surface area contributed by atoms with E-state index in [1.54, 1.807) is 0 Å². The molecule has 7 heteroatoms. The van der Waals surface area contributed by atoms with Crippen LogP contribution in [0.4, 0.5) is 0 Å². The van der Waals surface area contributed by atoms with E-state index in [9.17, 15) is 20.1 Å². The van der Waals surface area contributed by atoms with Crippen LogP contribution in [-0.4, -0.2) is 63.7 Å². The molecule has 0 saturated carbocycles. The van der Waals surface area contributed by atoms with Gasteiger partial charge in [-0.3, -0.25) is 0 Å². The number of esters is 1. The van der Waals surface area contributed by atoms with E-state index in [-0.39, 0.29) is 0 Å². The van der Waals surface area contributed by atoms with Gasteiger partial charge < -0.3 is 29.9 Å². The summed E-state index contributed by atoms with van der Waals surface area (Å²) in [6.45, 7) is 2.58. The molecule has 0 aromatic carbocycles. The Kier molecular flexibility index (Phi) is 4.39. The number of hydrogen-bond acceptors (Lipinski definition) is 7. The maximum atomic E-state index is 10.9. The summed E-state index contributed by atoms with van der Waals surface area (Å²) >= 11 is 0. The summed E-state index contributed by atoms with van der Waals surface area (Å²) in [4.78, 5) is 10.9. The van der Waals surface area contributed by atoms with Crippen LogP contribution in [0.1, 0.15) is 0 Å². The van der Waals surface area contributed by atoms with Gasteiger partial charge in [-0.2, -0.15) is 0 Å². The number of rotatable bonds is 3. The molecule has 1 saturated heterocycles. The van der Waals surface area contributed by atoms with Gasteiger partial charge in [0.1, 0.15) is 24.4 Å². The molecule has 92 valence electrons. The van der Waals surface area contributed by atoms with Crippen molar-refractivity contribution in [3.05, 3.63) is 12.7 Å². The van der Waals surface area contributed by atoms with Crippen molar-refractivity contribution in [2.24, 2.45) is 0 Å². The molecule has 7 nitrogen and oxygen atoms in total. The van der Waals surface area contributed by atoms with Crippen LogP contribution in [0.3, 0.4) is 0 Å². The van der Waals surface area contributed by atoms with Crippen LogP contribution >= 0.6 is 0 Å². The van der Waals surface area contributed by atoms with Crippen molar-refractivity contribution in [1.82, 2.24) is 0 Å². The third-order valence-electron chi connectivity index (χ3n) is 2.25. The average molecular weight is 234 g/mol. The van der Waals surface area contributed by atoms with E-state index in [4.69, 9.17) is 9.84 Å². The summed E-state index contributed by atoms with van der Waals surface area (Å²) in [5.41, 5.74) is 0. The molecule has 1 aliphatic rings. The summed E-state index contributed by atoms with van der Waals surface area (Å²) in [5.74, 6) is -0.843. The lowest BCUT2D eigenvalue weighted by atomic mass is 9.99. The van der Waals surface area contributed by atoms with E-state index >= 15 is 0 Å². The number of aliphatic hydroxyl groups is 4. The normalized spacial score (nSPS) is 39.1. The molecule has 5 atom stereocenters. The van der Waals surface area contributed by atoms with E-state index in [2.05, 4.69) is 11.3 Å². The SMILES string of the molecule is C=CC(=O)O[C@@H]1O[C@H](CO)[C@@H](O)[C@H](O)[C@H]1O. The zero-order valence-corrected chi connectivity index (χ0v) is 8.39. The molecule has 0 aromatic heterocycles. The molecular weight excluding hydrogens is 220 g/mol. The lowest BCUT2D eigenvalue weighted by Gasteiger charge is -2.38. The van der Waals surface area contributed by atoms with E-state index in [1.165, 1.54) is 0 Å². The number of hydrogen-bond donors (Lipinski definition) is 4. The quantitative estimate of drug-likeness (QED) is 0.315.